The number of likely N-dealkylation sites (N-methyl/N-ethyl adjacent to an activating group) is 1. The summed E-state index contributed by atoms with van der Waals surface area (Å²) in [7, 11) is 2.14. The standard InChI is InChI=1S/C23H29NO8/c1-24-7-6-23-11-3-4-13(26)21(23)32-20-14(5-2-10(16(20)23)8-12(11)24)30-22-19(29)18(28)17(27)15(9-25)31-22/h2-5,11-13,15,17-19,21-22,25-29H,6-9H2,1H3/t11-,12+,13-,15+,17+,18-,19+,21-,22?,23-/m0/s1. The summed E-state index contributed by atoms with van der Waals surface area (Å²) in [5.74, 6) is 1.10. The molecule has 9 nitrogen and oxygen atoms in total. The maximum atomic E-state index is 10.8. The van der Waals surface area contributed by atoms with E-state index in [2.05, 4.69) is 18.0 Å². The SMILES string of the molecule is CN1CC[C@]23c4c5ccc(OC6O[C@H](CO)[C@@H](O)[C@H](O)[C@H]6O)c4O[C@H]2[C@@H](O)C=C[C@H]3[C@H]1C5. The maximum Gasteiger partial charge on any atom is 0.229 e. The second-order valence-corrected chi connectivity index (χ2v) is 9.72. The van der Waals surface area contributed by atoms with Crippen LogP contribution in [-0.4, -0.2) is 99.6 Å². The highest BCUT2D eigenvalue weighted by Crippen LogP contribution is 2.62. The van der Waals surface area contributed by atoms with Crippen molar-refractivity contribution in [1.29, 1.82) is 0 Å². The number of piperidine rings is 1. The van der Waals surface area contributed by atoms with E-state index in [-0.39, 0.29) is 11.3 Å². The number of hydrogen-bond donors (Lipinski definition) is 5. The van der Waals surface area contributed by atoms with E-state index in [0.717, 1.165) is 24.9 Å². The first-order valence-corrected chi connectivity index (χ1v) is 11.2. The smallest absolute Gasteiger partial charge is 0.229 e. The van der Waals surface area contributed by atoms with Crippen molar-refractivity contribution < 1.29 is 39.7 Å². The number of aliphatic hydroxyl groups is 5. The molecule has 9 heteroatoms. The highest BCUT2D eigenvalue weighted by molar-refractivity contribution is 5.62. The van der Waals surface area contributed by atoms with Crippen molar-refractivity contribution in [2.24, 2.45) is 5.92 Å². The van der Waals surface area contributed by atoms with Crippen molar-refractivity contribution in [3.63, 3.8) is 0 Å². The number of likely N-dealkylation sites (tertiary alicyclic amines) is 1. The molecule has 0 radical (unpaired) electrons. The number of nitrogens with zero attached hydrogens (tertiary/aromatic N) is 1. The van der Waals surface area contributed by atoms with E-state index >= 15 is 0 Å². The first-order chi connectivity index (χ1) is 15.4. The number of hydrogen-bond acceptors (Lipinski definition) is 9. The van der Waals surface area contributed by atoms with Gasteiger partial charge in [0.2, 0.25) is 6.29 Å². The van der Waals surface area contributed by atoms with Crippen LogP contribution in [0.3, 0.4) is 0 Å². The summed E-state index contributed by atoms with van der Waals surface area (Å²) in [4.78, 5) is 2.38. The Hall–Kier alpha value is -1.72. The third kappa shape index (κ3) is 2.58. The van der Waals surface area contributed by atoms with Crippen molar-refractivity contribution in [2.45, 2.75) is 67.2 Å². The van der Waals surface area contributed by atoms with Gasteiger partial charge >= 0.3 is 0 Å². The van der Waals surface area contributed by atoms with Gasteiger partial charge in [-0.3, -0.25) is 0 Å². The number of ether oxygens (including phenoxy) is 3. The molecular weight excluding hydrogens is 418 g/mol. The largest absolute Gasteiger partial charge is 0.482 e. The normalized spacial score (nSPS) is 46.5. The lowest BCUT2D eigenvalue weighted by molar-refractivity contribution is -0.277. The fourth-order valence-electron chi connectivity index (χ4n) is 6.61. The molecule has 2 aliphatic carbocycles. The van der Waals surface area contributed by atoms with Gasteiger partial charge in [-0.05, 0) is 38.1 Å². The zero-order valence-corrected chi connectivity index (χ0v) is 17.7. The molecule has 2 fully saturated rings. The molecular formula is C23H29NO8. The Balaban J connectivity index is 1.41. The Kier molecular flexibility index (Phi) is 4.65. The highest BCUT2D eigenvalue weighted by atomic mass is 16.7. The molecule has 3 aliphatic heterocycles. The highest BCUT2D eigenvalue weighted by Gasteiger charge is 2.64. The molecule has 32 heavy (non-hydrogen) atoms. The number of benzene rings is 1. The van der Waals surface area contributed by atoms with Crippen molar-refractivity contribution in [2.75, 3.05) is 20.2 Å². The topological polar surface area (TPSA) is 132 Å². The summed E-state index contributed by atoms with van der Waals surface area (Å²) in [6, 6.07) is 4.09. The Morgan fingerprint density at radius 1 is 1.12 bits per heavy atom. The van der Waals surface area contributed by atoms with E-state index in [4.69, 9.17) is 14.2 Å². The zero-order chi connectivity index (χ0) is 22.4. The van der Waals surface area contributed by atoms with Gasteiger partial charge in [0.25, 0.3) is 0 Å². The van der Waals surface area contributed by atoms with E-state index in [1.165, 1.54) is 5.56 Å². The third-order valence-corrected chi connectivity index (χ3v) is 8.23. The van der Waals surface area contributed by atoms with Crippen LogP contribution in [-0.2, 0) is 16.6 Å². The second kappa shape index (κ2) is 7.14. The molecule has 5 N–H and O–H groups in total. The predicted octanol–water partition coefficient (Wildman–Crippen LogP) is -1.33. The van der Waals surface area contributed by atoms with Crippen LogP contribution in [0.5, 0.6) is 11.5 Å². The number of rotatable bonds is 3. The quantitative estimate of drug-likeness (QED) is 0.358. The molecule has 6 rings (SSSR count). The molecule has 1 unspecified atom stereocenters. The lowest BCUT2D eigenvalue weighted by Crippen LogP contribution is -2.64. The molecule has 1 aromatic rings. The fraction of sp³-hybridized carbons (Fsp3) is 0.652. The average molecular weight is 447 g/mol. The van der Waals surface area contributed by atoms with Crippen LogP contribution in [0.25, 0.3) is 0 Å². The average Bonchev–Trinajstić information content (AvgIpc) is 3.14. The van der Waals surface area contributed by atoms with E-state index in [0.29, 0.717) is 17.5 Å². The molecule has 2 bridgehead atoms. The van der Waals surface area contributed by atoms with Crippen molar-refractivity contribution in [3.8, 4) is 11.5 Å². The van der Waals surface area contributed by atoms with Crippen LogP contribution >= 0.6 is 0 Å². The molecule has 0 amide bonds. The van der Waals surface area contributed by atoms with Crippen molar-refractivity contribution in [3.05, 3.63) is 35.4 Å². The molecule has 1 aromatic carbocycles. The summed E-state index contributed by atoms with van der Waals surface area (Å²) >= 11 is 0. The van der Waals surface area contributed by atoms with Gasteiger partial charge in [0.15, 0.2) is 11.5 Å². The molecule has 3 heterocycles. The van der Waals surface area contributed by atoms with Crippen molar-refractivity contribution in [1.82, 2.24) is 4.90 Å². The minimum Gasteiger partial charge on any atom is -0.482 e. The summed E-state index contributed by atoms with van der Waals surface area (Å²) < 4.78 is 17.9. The van der Waals surface area contributed by atoms with Gasteiger partial charge in [0, 0.05) is 22.9 Å². The molecule has 174 valence electrons. The van der Waals surface area contributed by atoms with Gasteiger partial charge in [-0.25, -0.2) is 0 Å². The van der Waals surface area contributed by atoms with Gasteiger partial charge in [0.1, 0.15) is 36.6 Å². The van der Waals surface area contributed by atoms with Gasteiger partial charge in [0.05, 0.1) is 6.61 Å². The van der Waals surface area contributed by atoms with Gasteiger partial charge in [-0.2, -0.15) is 0 Å². The Labute approximate surface area is 185 Å². The predicted molar refractivity (Wildman–Crippen MR) is 110 cm³/mol. The maximum absolute atomic E-state index is 10.8. The number of aliphatic hydroxyl groups excluding tert-OH is 5. The van der Waals surface area contributed by atoms with Gasteiger partial charge < -0.3 is 44.6 Å². The van der Waals surface area contributed by atoms with E-state index in [9.17, 15) is 25.5 Å². The van der Waals surface area contributed by atoms with Crippen LogP contribution < -0.4 is 9.47 Å². The lowest BCUT2D eigenvalue weighted by atomic mass is 9.53. The first kappa shape index (κ1) is 20.9. The van der Waals surface area contributed by atoms with E-state index in [1.54, 1.807) is 6.07 Å². The fourth-order valence-corrected chi connectivity index (χ4v) is 6.61. The van der Waals surface area contributed by atoms with Crippen LogP contribution in [0.15, 0.2) is 24.3 Å². The minimum absolute atomic E-state index is 0.214. The van der Waals surface area contributed by atoms with Gasteiger partial charge in [-0.1, -0.05) is 18.2 Å². The Morgan fingerprint density at radius 3 is 2.72 bits per heavy atom. The van der Waals surface area contributed by atoms with E-state index in [1.807, 2.05) is 12.1 Å². The summed E-state index contributed by atoms with van der Waals surface area (Å²) in [6.45, 7) is 0.371. The molecule has 0 aromatic heterocycles. The van der Waals surface area contributed by atoms with Gasteiger partial charge in [-0.15, -0.1) is 0 Å². The molecule has 0 saturated carbocycles. The summed E-state index contributed by atoms with van der Waals surface area (Å²) in [6.07, 6.45) is -2.34. The molecule has 2 saturated heterocycles. The minimum atomic E-state index is -1.52. The zero-order valence-electron chi connectivity index (χ0n) is 17.7. The summed E-state index contributed by atoms with van der Waals surface area (Å²) in [5, 5.41) is 50.9. The van der Waals surface area contributed by atoms with Crippen LogP contribution in [0, 0.1) is 5.92 Å². The van der Waals surface area contributed by atoms with E-state index < -0.39 is 49.5 Å². The first-order valence-electron chi connectivity index (χ1n) is 11.2. The van der Waals surface area contributed by atoms with Crippen LogP contribution in [0.4, 0.5) is 0 Å². The summed E-state index contributed by atoms with van der Waals surface area (Å²) in [5.41, 5.74) is 1.88. The van der Waals surface area contributed by atoms with Crippen LogP contribution in [0.1, 0.15) is 17.5 Å². The molecule has 5 aliphatic rings. The van der Waals surface area contributed by atoms with Crippen LogP contribution in [0.2, 0.25) is 0 Å². The molecule has 1 spiro atoms. The third-order valence-electron chi connectivity index (χ3n) is 8.23. The van der Waals surface area contributed by atoms with Crippen molar-refractivity contribution >= 4 is 0 Å². The Bertz CT molecular complexity index is 952. The second-order valence-electron chi connectivity index (χ2n) is 9.72. The lowest BCUT2D eigenvalue weighted by Gasteiger charge is -2.56. The monoisotopic (exact) mass is 447 g/mol. The molecule has 10 atom stereocenters. The Morgan fingerprint density at radius 2 is 1.94 bits per heavy atom.